The molecule has 1 aromatic heterocycles. The van der Waals surface area contributed by atoms with Crippen LogP contribution >= 0.6 is 11.8 Å². The van der Waals surface area contributed by atoms with Gasteiger partial charge < -0.3 is 4.85 Å². The van der Waals surface area contributed by atoms with Crippen LogP contribution in [0.15, 0.2) is 64.5 Å². The van der Waals surface area contributed by atoms with Gasteiger partial charge in [-0.3, -0.25) is 0 Å². The van der Waals surface area contributed by atoms with Gasteiger partial charge in [0, 0.05) is 35.1 Å². The first-order chi connectivity index (χ1) is 19.8. The second-order valence-electron chi connectivity index (χ2n) is 14.7. The van der Waals surface area contributed by atoms with Crippen LogP contribution in [0.25, 0.3) is 48.4 Å². The summed E-state index contributed by atoms with van der Waals surface area (Å²) in [6, 6.07) is 18.8. The first-order valence-corrected chi connectivity index (χ1v) is 16.1. The van der Waals surface area contributed by atoms with E-state index < -0.39 is 5.54 Å². The summed E-state index contributed by atoms with van der Waals surface area (Å²) in [4.78, 5) is 6.66. The van der Waals surface area contributed by atoms with Crippen LogP contribution in [0.2, 0.25) is 0 Å². The zero-order chi connectivity index (χ0) is 30.1. The predicted molar refractivity (Wildman–Crippen MR) is 181 cm³/mol. The normalized spacial score (nSPS) is 13.3. The summed E-state index contributed by atoms with van der Waals surface area (Å²) in [5, 5.41) is 8.03. The van der Waals surface area contributed by atoms with E-state index in [9.17, 15) is 0 Å². The zero-order valence-electron chi connectivity index (χ0n) is 26.7. The maximum atomic E-state index is 7.64. The third kappa shape index (κ3) is 4.99. The van der Waals surface area contributed by atoms with E-state index >= 15 is 0 Å². The maximum absolute atomic E-state index is 7.64. The minimum atomic E-state index is -0.405. The topological polar surface area (TPSA) is 8.24 Å². The van der Waals surface area contributed by atoms with Crippen molar-refractivity contribution in [3.8, 4) is 11.3 Å². The number of rotatable bonds is 5. The molecule has 214 valence electrons. The zero-order valence-corrected chi connectivity index (χ0v) is 27.5. The van der Waals surface area contributed by atoms with Gasteiger partial charge in [-0.25, -0.2) is 11.1 Å². The van der Waals surface area contributed by atoms with E-state index in [4.69, 9.17) is 6.57 Å². The van der Waals surface area contributed by atoms with E-state index in [2.05, 4.69) is 113 Å². The summed E-state index contributed by atoms with van der Waals surface area (Å²) in [5.74, 6) is 0.565. The highest BCUT2D eigenvalue weighted by Crippen LogP contribution is 2.53. The smallest absolute Gasteiger partial charge is 0.231 e. The third-order valence-electron chi connectivity index (χ3n) is 8.69. The standard InChI is InChI=1S/C39H43N2S/c1-23(2)17-32-28-14-12-25(21-38(4,5)6)18-30(28)24(3)34-36-35-29(15-16-41(36)10)31-19-26(22-39(7,8)40-9)11-13-27(31)20-33(35)42-37(32)34/h11-16,18-20,23H,17,21-22H2,1-8,10H3/q+1. The molecule has 1 aliphatic heterocycles. The largest absolute Gasteiger partial charge is 0.311 e. The highest BCUT2D eigenvalue weighted by atomic mass is 32.2. The fourth-order valence-corrected chi connectivity index (χ4v) is 8.30. The first kappa shape index (κ1) is 28.8. The second-order valence-corrected chi connectivity index (χ2v) is 15.8. The summed E-state index contributed by atoms with van der Waals surface area (Å²) in [5.41, 5.74) is 8.10. The Morgan fingerprint density at radius 1 is 0.857 bits per heavy atom. The average Bonchev–Trinajstić information content (AvgIpc) is 2.91. The molecule has 5 aromatic rings. The molecule has 0 atom stereocenters. The molecule has 0 saturated heterocycles. The summed E-state index contributed by atoms with van der Waals surface area (Å²) >= 11 is 1.98. The van der Waals surface area contributed by atoms with Crippen molar-refractivity contribution in [3.05, 3.63) is 88.4 Å². The lowest BCUT2D eigenvalue weighted by molar-refractivity contribution is -0.659. The Hall–Kier alpha value is -3.35. The molecular weight excluding hydrogens is 529 g/mol. The van der Waals surface area contributed by atoms with Crippen LogP contribution in [0.4, 0.5) is 0 Å². The lowest BCUT2D eigenvalue weighted by atomic mass is 9.84. The molecule has 0 radical (unpaired) electrons. The molecule has 0 fully saturated rings. The Bertz CT molecular complexity index is 1950. The van der Waals surface area contributed by atoms with Crippen LogP contribution in [0.3, 0.4) is 0 Å². The van der Waals surface area contributed by atoms with E-state index in [0.29, 0.717) is 5.92 Å². The second kappa shape index (κ2) is 10.1. The highest BCUT2D eigenvalue weighted by molar-refractivity contribution is 8.00. The van der Waals surface area contributed by atoms with Crippen LogP contribution in [-0.2, 0) is 26.3 Å². The molecule has 0 aliphatic carbocycles. The van der Waals surface area contributed by atoms with Gasteiger partial charge in [0.2, 0.25) is 11.2 Å². The van der Waals surface area contributed by atoms with E-state index in [-0.39, 0.29) is 5.41 Å². The SMILES string of the molecule is [C-]#[N+]C(C)(C)Cc1ccc2cc3c4c([n+](C)ccc4c2c1)-c1c(c(CC(C)C)c2ccc(CC(C)(C)C)cc2c1C)S3. The van der Waals surface area contributed by atoms with Crippen molar-refractivity contribution in [2.75, 3.05) is 0 Å². The molecule has 42 heavy (non-hydrogen) atoms. The number of aromatic nitrogens is 1. The molecule has 0 saturated carbocycles. The highest BCUT2D eigenvalue weighted by Gasteiger charge is 2.33. The number of benzene rings is 4. The van der Waals surface area contributed by atoms with E-state index in [1.165, 1.54) is 75.6 Å². The van der Waals surface area contributed by atoms with Crippen LogP contribution in [0.1, 0.15) is 70.7 Å². The van der Waals surface area contributed by atoms with Gasteiger partial charge in [-0.1, -0.05) is 82.8 Å². The first-order valence-electron chi connectivity index (χ1n) is 15.3. The molecule has 0 N–H and O–H groups in total. The van der Waals surface area contributed by atoms with Crippen LogP contribution in [0.5, 0.6) is 0 Å². The Balaban J connectivity index is 1.67. The van der Waals surface area contributed by atoms with Crippen molar-refractivity contribution in [2.24, 2.45) is 18.4 Å². The molecule has 6 rings (SSSR count). The van der Waals surface area contributed by atoms with Gasteiger partial charge in [0.1, 0.15) is 7.05 Å². The van der Waals surface area contributed by atoms with Gasteiger partial charge in [-0.15, -0.1) is 0 Å². The number of nitrogens with zero attached hydrogens (tertiary/aromatic N) is 2. The van der Waals surface area contributed by atoms with Gasteiger partial charge in [0.05, 0.1) is 17.4 Å². The molecule has 2 nitrogen and oxygen atoms in total. The molecule has 0 amide bonds. The third-order valence-corrected chi connectivity index (χ3v) is 9.89. The molecule has 0 unspecified atom stereocenters. The molecule has 1 aliphatic rings. The number of hydrogen-bond acceptors (Lipinski definition) is 1. The Kier molecular flexibility index (Phi) is 6.94. The van der Waals surface area contributed by atoms with Crippen molar-refractivity contribution >= 4 is 44.1 Å². The number of aryl methyl sites for hydroxylation is 2. The van der Waals surface area contributed by atoms with Gasteiger partial charge in [0.15, 0.2) is 6.20 Å². The number of hydrogen-bond donors (Lipinski definition) is 0. The lowest BCUT2D eigenvalue weighted by Crippen LogP contribution is -2.32. The average molecular weight is 572 g/mol. The molecule has 3 heteroatoms. The maximum Gasteiger partial charge on any atom is 0.231 e. The fraction of sp³-hybridized carbons (Fsp3) is 0.385. The monoisotopic (exact) mass is 571 g/mol. The van der Waals surface area contributed by atoms with Gasteiger partial charge >= 0.3 is 0 Å². The summed E-state index contributed by atoms with van der Waals surface area (Å²) in [7, 11) is 2.21. The van der Waals surface area contributed by atoms with Crippen LogP contribution in [0, 0.1) is 24.8 Å². The van der Waals surface area contributed by atoms with Gasteiger partial charge in [-0.2, -0.15) is 0 Å². The van der Waals surface area contributed by atoms with E-state index in [0.717, 1.165) is 19.3 Å². The summed E-state index contributed by atoms with van der Waals surface area (Å²) in [6.45, 7) is 25.7. The summed E-state index contributed by atoms with van der Waals surface area (Å²) in [6.07, 6.45) is 5.13. The minimum Gasteiger partial charge on any atom is -0.311 e. The Morgan fingerprint density at radius 2 is 1.55 bits per heavy atom. The van der Waals surface area contributed by atoms with Crippen molar-refractivity contribution in [1.82, 2.24) is 0 Å². The molecular formula is C39H43N2S+. The minimum absolute atomic E-state index is 0.243. The molecule has 0 bridgehead atoms. The van der Waals surface area contributed by atoms with Crippen molar-refractivity contribution in [3.63, 3.8) is 0 Å². The molecule has 4 aromatic carbocycles. The van der Waals surface area contributed by atoms with Crippen molar-refractivity contribution in [1.29, 1.82) is 0 Å². The number of fused-ring (bicyclic) bond motifs is 5. The van der Waals surface area contributed by atoms with Crippen molar-refractivity contribution < 1.29 is 4.57 Å². The molecule has 0 spiro atoms. The van der Waals surface area contributed by atoms with Gasteiger partial charge in [-0.05, 0) is 81.0 Å². The fourth-order valence-electron chi connectivity index (χ4n) is 6.91. The predicted octanol–water partition coefficient (Wildman–Crippen LogP) is 10.4. The van der Waals surface area contributed by atoms with E-state index in [1.54, 1.807) is 0 Å². The van der Waals surface area contributed by atoms with Crippen molar-refractivity contribution in [2.45, 2.75) is 90.0 Å². The Labute approximate surface area is 256 Å². The van der Waals surface area contributed by atoms with Crippen LogP contribution < -0.4 is 4.57 Å². The molecule has 2 heterocycles. The van der Waals surface area contributed by atoms with Gasteiger partial charge in [0.25, 0.3) is 0 Å². The van der Waals surface area contributed by atoms with Crippen LogP contribution in [-0.4, -0.2) is 5.54 Å². The quantitative estimate of drug-likeness (QED) is 0.114. The summed E-state index contributed by atoms with van der Waals surface area (Å²) < 4.78 is 2.35. The number of pyridine rings is 1. The Morgan fingerprint density at radius 3 is 2.24 bits per heavy atom. The lowest BCUT2D eigenvalue weighted by Gasteiger charge is -2.26. The van der Waals surface area contributed by atoms with E-state index in [1.807, 2.05) is 25.6 Å².